The Balaban J connectivity index is 1.65. The Morgan fingerprint density at radius 3 is 2.74 bits per heavy atom. The SMILES string of the molecule is CCCCOc1nc(N)c2[nH]c(=O)n(CCCCN(C)S(=O)(=O)c3cccc(CC(=O)O)c3)c2n1. The minimum absolute atomic E-state index is 0.0365. The first-order chi connectivity index (χ1) is 16.6. The molecule has 0 radical (unpaired) electrons. The van der Waals surface area contributed by atoms with Gasteiger partial charge in [0.25, 0.3) is 0 Å². The van der Waals surface area contributed by atoms with Crippen molar-refractivity contribution in [3.63, 3.8) is 0 Å². The van der Waals surface area contributed by atoms with Crippen LogP contribution in [0.3, 0.4) is 0 Å². The molecule has 0 aliphatic carbocycles. The number of sulfonamides is 1. The molecule has 0 spiro atoms. The lowest BCUT2D eigenvalue weighted by Gasteiger charge is -2.17. The molecule has 13 heteroatoms. The number of hydrogen-bond acceptors (Lipinski definition) is 8. The number of nitrogens with zero attached hydrogens (tertiary/aromatic N) is 4. The Morgan fingerprint density at radius 1 is 1.26 bits per heavy atom. The number of unbranched alkanes of at least 4 members (excludes halogenated alkanes) is 2. The van der Waals surface area contributed by atoms with Crippen LogP contribution >= 0.6 is 0 Å². The molecule has 3 aromatic rings. The molecular formula is C22H30N6O6S. The normalized spacial score (nSPS) is 11.9. The van der Waals surface area contributed by atoms with Gasteiger partial charge in [0.2, 0.25) is 10.0 Å². The van der Waals surface area contributed by atoms with Crippen LogP contribution in [0.4, 0.5) is 5.82 Å². The van der Waals surface area contributed by atoms with Crippen molar-refractivity contribution >= 4 is 33.0 Å². The summed E-state index contributed by atoms with van der Waals surface area (Å²) in [6, 6.07) is 6.01. The molecule has 0 atom stereocenters. The Morgan fingerprint density at radius 2 is 2.03 bits per heavy atom. The molecule has 0 aliphatic rings. The molecule has 0 fully saturated rings. The number of nitrogens with two attached hydrogens (primary N) is 1. The monoisotopic (exact) mass is 506 g/mol. The summed E-state index contributed by atoms with van der Waals surface area (Å²) >= 11 is 0. The lowest BCUT2D eigenvalue weighted by molar-refractivity contribution is -0.136. The van der Waals surface area contributed by atoms with Crippen molar-refractivity contribution in [3.8, 4) is 6.01 Å². The number of aliphatic carboxylic acids is 1. The first-order valence-corrected chi connectivity index (χ1v) is 12.7. The zero-order valence-corrected chi connectivity index (χ0v) is 20.5. The molecule has 0 amide bonds. The smallest absolute Gasteiger partial charge is 0.327 e. The van der Waals surface area contributed by atoms with E-state index in [-0.39, 0.29) is 35.4 Å². The number of benzene rings is 1. The number of nitrogen functional groups attached to an aromatic ring is 1. The Hall–Kier alpha value is -3.45. The van der Waals surface area contributed by atoms with Gasteiger partial charge in [-0.1, -0.05) is 25.5 Å². The minimum atomic E-state index is -3.78. The maximum absolute atomic E-state index is 12.9. The van der Waals surface area contributed by atoms with Crippen LogP contribution in [0, 0.1) is 0 Å². The Bertz CT molecular complexity index is 1350. The van der Waals surface area contributed by atoms with Gasteiger partial charge < -0.3 is 20.6 Å². The van der Waals surface area contributed by atoms with Gasteiger partial charge in [0.1, 0.15) is 5.52 Å². The van der Waals surface area contributed by atoms with Crippen molar-refractivity contribution < 1.29 is 23.1 Å². The van der Waals surface area contributed by atoms with Crippen molar-refractivity contribution in [2.45, 2.75) is 50.5 Å². The molecular weight excluding hydrogens is 476 g/mol. The van der Waals surface area contributed by atoms with E-state index in [0.29, 0.717) is 42.7 Å². The highest BCUT2D eigenvalue weighted by molar-refractivity contribution is 7.89. The van der Waals surface area contributed by atoms with Crippen LogP contribution in [-0.4, -0.2) is 63.5 Å². The molecule has 12 nitrogen and oxygen atoms in total. The predicted molar refractivity (Wildman–Crippen MR) is 130 cm³/mol. The van der Waals surface area contributed by atoms with Crippen molar-refractivity contribution in [2.75, 3.05) is 25.9 Å². The molecule has 0 saturated carbocycles. The highest BCUT2D eigenvalue weighted by Crippen LogP contribution is 2.19. The van der Waals surface area contributed by atoms with E-state index in [1.54, 1.807) is 6.07 Å². The Kier molecular flexibility index (Phi) is 8.46. The zero-order chi connectivity index (χ0) is 25.6. The standard InChI is InChI=1S/C22H30N6O6S/c1-3-4-12-34-21-25-19(23)18-20(26-21)28(22(31)24-18)11-6-5-10-27(2)35(32,33)16-9-7-8-15(13-16)14-17(29)30/h7-9,13H,3-6,10-12,14H2,1-2H3,(H,24,31)(H,29,30)(H2,23,25,26). The lowest BCUT2D eigenvalue weighted by atomic mass is 10.2. The molecule has 0 unspecified atom stereocenters. The maximum Gasteiger partial charge on any atom is 0.327 e. The lowest BCUT2D eigenvalue weighted by Crippen LogP contribution is -2.28. The topological polar surface area (TPSA) is 174 Å². The van der Waals surface area contributed by atoms with Gasteiger partial charge in [-0.3, -0.25) is 9.36 Å². The summed E-state index contributed by atoms with van der Waals surface area (Å²) in [6.07, 6.45) is 2.50. The number of anilines is 1. The van der Waals surface area contributed by atoms with E-state index in [1.807, 2.05) is 6.92 Å². The highest BCUT2D eigenvalue weighted by atomic mass is 32.2. The molecule has 0 aliphatic heterocycles. The predicted octanol–water partition coefficient (Wildman–Crippen LogP) is 1.61. The maximum atomic E-state index is 12.9. The summed E-state index contributed by atoms with van der Waals surface area (Å²) in [6.45, 7) is 2.98. The first kappa shape index (κ1) is 26.2. The molecule has 1 aromatic carbocycles. The molecule has 4 N–H and O–H groups in total. The van der Waals surface area contributed by atoms with Gasteiger partial charge in [-0.15, -0.1) is 0 Å². The third kappa shape index (κ3) is 6.36. The fourth-order valence-corrected chi connectivity index (χ4v) is 4.79. The van der Waals surface area contributed by atoms with Crippen LogP contribution in [0.25, 0.3) is 11.2 Å². The van der Waals surface area contributed by atoms with Gasteiger partial charge in [-0.25, -0.2) is 17.5 Å². The second-order valence-corrected chi connectivity index (χ2v) is 10.2. The molecule has 2 heterocycles. The van der Waals surface area contributed by atoms with Crippen LogP contribution in [-0.2, 0) is 27.8 Å². The number of aromatic amines is 1. The Labute approximate surface area is 202 Å². The second-order valence-electron chi connectivity index (χ2n) is 8.13. The highest BCUT2D eigenvalue weighted by Gasteiger charge is 2.21. The van der Waals surface area contributed by atoms with Gasteiger partial charge in [-0.2, -0.15) is 9.97 Å². The molecule has 2 aromatic heterocycles. The van der Waals surface area contributed by atoms with Crippen molar-refractivity contribution in [1.29, 1.82) is 0 Å². The number of H-pyrrole nitrogens is 1. The van der Waals surface area contributed by atoms with Gasteiger partial charge in [0.15, 0.2) is 11.5 Å². The number of aromatic nitrogens is 4. The summed E-state index contributed by atoms with van der Waals surface area (Å²) in [5.41, 5.74) is 6.65. The number of carbonyl (C=O) groups is 1. The molecule has 190 valence electrons. The number of ether oxygens (including phenoxy) is 1. The summed E-state index contributed by atoms with van der Waals surface area (Å²) in [7, 11) is -2.32. The number of rotatable bonds is 13. The number of hydrogen-bond donors (Lipinski definition) is 3. The summed E-state index contributed by atoms with van der Waals surface area (Å²) < 4.78 is 33.9. The number of carboxylic acid groups (broad SMARTS) is 1. The third-order valence-electron chi connectivity index (χ3n) is 5.43. The van der Waals surface area contributed by atoms with Crippen LogP contribution in [0.5, 0.6) is 6.01 Å². The average molecular weight is 507 g/mol. The molecule has 3 rings (SSSR count). The minimum Gasteiger partial charge on any atom is -0.481 e. The first-order valence-electron chi connectivity index (χ1n) is 11.3. The van der Waals surface area contributed by atoms with E-state index >= 15 is 0 Å². The van der Waals surface area contributed by atoms with Crippen LogP contribution in [0.15, 0.2) is 34.0 Å². The second kappa shape index (κ2) is 11.3. The quantitative estimate of drug-likeness (QED) is 0.291. The van der Waals surface area contributed by atoms with Gasteiger partial charge in [0.05, 0.1) is 17.9 Å². The van der Waals surface area contributed by atoms with Crippen molar-refractivity contribution in [1.82, 2.24) is 23.8 Å². The summed E-state index contributed by atoms with van der Waals surface area (Å²) in [5.74, 6) is -0.916. The molecule has 0 bridgehead atoms. The fraction of sp³-hybridized carbons (Fsp3) is 0.455. The molecule has 0 saturated heterocycles. The average Bonchev–Trinajstić information content (AvgIpc) is 3.12. The fourth-order valence-electron chi connectivity index (χ4n) is 3.51. The zero-order valence-electron chi connectivity index (χ0n) is 19.7. The van der Waals surface area contributed by atoms with Crippen LogP contribution in [0.1, 0.15) is 38.2 Å². The van der Waals surface area contributed by atoms with E-state index < -0.39 is 16.0 Å². The van der Waals surface area contributed by atoms with Crippen molar-refractivity contribution in [2.24, 2.45) is 0 Å². The van der Waals surface area contributed by atoms with E-state index in [9.17, 15) is 18.0 Å². The number of fused-ring (bicyclic) bond motifs is 1. The van der Waals surface area contributed by atoms with Crippen molar-refractivity contribution in [3.05, 3.63) is 40.3 Å². The van der Waals surface area contributed by atoms with E-state index in [2.05, 4.69) is 15.0 Å². The summed E-state index contributed by atoms with van der Waals surface area (Å²) in [4.78, 5) is 34.5. The number of aryl methyl sites for hydroxylation is 1. The van der Waals surface area contributed by atoms with E-state index in [4.69, 9.17) is 15.6 Å². The third-order valence-corrected chi connectivity index (χ3v) is 7.28. The molecule has 35 heavy (non-hydrogen) atoms. The number of imidazole rings is 1. The van der Waals surface area contributed by atoms with Crippen LogP contribution in [0.2, 0.25) is 0 Å². The van der Waals surface area contributed by atoms with E-state index in [1.165, 1.54) is 34.1 Å². The van der Waals surface area contributed by atoms with Gasteiger partial charge in [-0.05, 0) is 37.0 Å². The van der Waals surface area contributed by atoms with E-state index in [0.717, 1.165) is 12.8 Å². The summed E-state index contributed by atoms with van der Waals surface area (Å²) in [5, 5.41) is 8.95. The van der Waals surface area contributed by atoms with Crippen LogP contribution < -0.4 is 16.2 Å². The van der Waals surface area contributed by atoms with Gasteiger partial charge in [0, 0.05) is 20.1 Å². The van der Waals surface area contributed by atoms with Gasteiger partial charge >= 0.3 is 17.7 Å². The number of carboxylic acids is 1. The largest absolute Gasteiger partial charge is 0.481 e. The number of nitrogens with one attached hydrogen (secondary N) is 1.